The summed E-state index contributed by atoms with van der Waals surface area (Å²) < 4.78 is 12.4. The Bertz CT molecular complexity index is 990. The van der Waals surface area contributed by atoms with Crippen molar-refractivity contribution >= 4 is 16.3 Å². The highest BCUT2D eigenvalue weighted by Crippen LogP contribution is 2.30. The second kappa shape index (κ2) is 5.28. The fraction of sp³-hybridized carbons (Fsp3) is 0.111. The molecular weight excluding hydrogens is 290 g/mol. The van der Waals surface area contributed by atoms with E-state index in [1.165, 1.54) is 0 Å². The third kappa shape index (κ3) is 2.17. The van der Waals surface area contributed by atoms with Gasteiger partial charge in [0.2, 0.25) is 0 Å². The molecule has 23 heavy (non-hydrogen) atoms. The molecule has 5 heteroatoms. The Balaban J connectivity index is 1.99. The largest absolute Gasteiger partial charge is 0.497 e. The van der Waals surface area contributed by atoms with Crippen LogP contribution in [0.3, 0.4) is 0 Å². The van der Waals surface area contributed by atoms with Crippen molar-refractivity contribution in [3.05, 3.63) is 54.7 Å². The number of hydrogen-bond donors (Lipinski definition) is 0. The third-order valence-electron chi connectivity index (χ3n) is 3.99. The maximum atomic E-state index is 5.32. The summed E-state index contributed by atoms with van der Waals surface area (Å²) in [5, 5.41) is 10.5. The van der Waals surface area contributed by atoms with Crippen LogP contribution < -0.4 is 9.47 Å². The van der Waals surface area contributed by atoms with Crippen molar-refractivity contribution in [1.82, 2.24) is 14.8 Å². The first-order valence-corrected chi connectivity index (χ1v) is 7.26. The standard InChI is InChI=1S/C18H15N3O2/c1-22-14-6-3-12(4-7-14)17-9-13-5-8-15(23-2)10-16(13)18-11-19-20-21(17)18/h3-11H,1-2H3. The lowest BCUT2D eigenvalue weighted by molar-refractivity contribution is 0.415. The number of fused-ring (bicyclic) bond motifs is 3. The van der Waals surface area contributed by atoms with Gasteiger partial charge in [0.1, 0.15) is 11.5 Å². The first kappa shape index (κ1) is 13.6. The minimum absolute atomic E-state index is 0.817. The molecule has 0 unspecified atom stereocenters. The Hall–Kier alpha value is -3.08. The lowest BCUT2D eigenvalue weighted by Crippen LogP contribution is -1.96. The molecule has 5 nitrogen and oxygen atoms in total. The molecule has 2 heterocycles. The number of pyridine rings is 1. The Labute approximate surface area is 133 Å². The van der Waals surface area contributed by atoms with Gasteiger partial charge < -0.3 is 9.47 Å². The van der Waals surface area contributed by atoms with Crippen LogP contribution in [-0.4, -0.2) is 29.0 Å². The maximum absolute atomic E-state index is 5.32. The summed E-state index contributed by atoms with van der Waals surface area (Å²) >= 11 is 0. The number of methoxy groups -OCH3 is 2. The van der Waals surface area contributed by atoms with E-state index < -0.39 is 0 Å². The number of nitrogens with zero attached hydrogens (tertiary/aromatic N) is 3. The fourth-order valence-electron chi connectivity index (χ4n) is 2.78. The van der Waals surface area contributed by atoms with Gasteiger partial charge in [-0.15, -0.1) is 5.10 Å². The average Bonchev–Trinajstić information content (AvgIpc) is 3.11. The molecule has 0 aliphatic rings. The Morgan fingerprint density at radius 1 is 0.870 bits per heavy atom. The number of benzene rings is 2. The molecule has 4 aromatic rings. The van der Waals surface area contributed by atoms with Crippen molar-refractivity contribution in [3.8, 4) is 22.8 Å². The Kier molecular flexibility index (Phi) is 3.12. The second-order valence-electron chi connectivity index (χ2n) is 5.24. The number of ether oxygens (including phenoxy) is 2. The molecule has 0 radical (unpaired) electrons. The first-order valence-electron chi connectivity index (χ1n) is 7.26. The van der Waals surface area contributed by atoms with E-state index in [0.717, 1.165) is 39.0 Å². The predicted molar refractivity (Wildman–Crippen MR) is 89.0 cm³/mol. The minimum Gasteiger partial charge on any atom is -0.497 e. The van der Waals surface area contributed by atoms with E-state index >= 15 is 0 Å². The number of hydrogen-bond acceptors (Lipinski definition) is 4. The highest BCUT2D eigenvalue weighted by Gasteiger charge is 2.11. The molecule has 0 atom stereocenters. The van der Waals surface area contributed by atoms with Crippen LogP contribution >= 0.6 is 0 Å². The number of rotatable bonds is 3. The summed E-state index contributed by atoms with van der Waals surface area (Å²) in [7, 11) is 3.33. The molecule has 0 amide bonds. The quantitative estimate of drug-likeness (QED) is 0.580. The minimum atomic E-state index is 0.817. The molecule has 0 aliphatic heterocycles. The molecule has 0 bridgehead atoms. The van der Waals surface area contributed by atoms with Crippen molar-refractivity contribution < 1.29 is 9.47 Å². The SMILES string of the molecule is COc1ccc(-c2cc3ccc(OC)cc3c3cnnn23)cc1. The first-order chi connectivity index (χ1) is 11.3. The van der Waals surface area contributed by atoms with E-state index in [0.29, 0.717) is 0 Å². The molecule has 114 valence electrons. The van der Waals surface area contributed by atoms with Crippen molar-refractivity contribution in [2.24, 2.45) is 0 Å². The van der Waals surface area contributed by atoms with Gasteiger partial charge in [-0.1, -0.05) is 11.3 Å². The van der Waals surface area contributed by atoms with Crippen LogP contribution in [0.2, 0.25) is 0 Å². The van der Waals surface area contributed by atoms with Gasteiger partial charge in [0.15, 0.2) is 0 Å². The summed E-state index contributed by atoms with van der Waals surface area (Å²) in [6.45, 7) is 0. The zero-order valence-electron chi connectivity index (χ0n) is 12.9. The lowest BCUT2D eigenvalue weighted by atomic mass is 10.1. The molecule has 0 aliphatic carbocycles. The van der Waals surface area contributed by atoms with Crippen LogP contribution in [-0.2, 0) is 0 Å². The summed E-state index contributed by atoms with van der Waals surface area (Å²) in [5.74, 6) is 1.65. The Morgan fingerprint density at radius 2 is 1.61 bits per heavy atom. The van der Waals surface area contributed by atoms with Crippen LogP contribution in [0.1, 0.15) is 0 Å². The zero-order chi connectivity index (χ0) is 15.8. The van der Waals surface area contributed by atoms with Crippen LogP contribution in [0.25, 0.3) is 27.5 Å². The second-order valence-corrected chi connectivity index (χ2v) is 5.24. The topological polar surface area (TPSA) is 48.7 Å². The van der Waals surface area contributed by atoms with Crippen molar-refractivity contribution in [1.29, 1.82) is 0 Å². The third-order valence-corrected chi connectivity index (χ3v) is 3.99. The van der Waals surface area contributed by atoms with Crippen LogP contribution in [0.4, 0.5) is 0 Å². The van der Waals surface area contributed by atoms with E-state index in [1.807, 2.05) is 47.0 Å². The Morgan fingerprint density at radius 3 is 2.35 bits per heavy atom. The van der Waals surface area contributed by atoms with Gasteiger partial charge in [-0.05, 0) is 47.9 Å². The van der Waals surface area contributed by atoms with Gasteiger partial charge in [0.25, 0.3) is 0 Å². The highest BCUT2D eigenvalue weighted by molar-refractivity contribution is 5.98. The molecule has 4 rings (SSSR count). The van der Waals surface area contributed by atoms with Crippen LogP contribution in [0.5, 0.6) is 11.5 Å². The molecule has 2 aromatic heterocycles. The predicted octanol–water partition coefficient (Wildman–Crippen LogP) is 3.57. The molecule has 0 fully saturated rings. The monoisotopic (exact) mass is 305 g/mol. The smallest absolute Gasteiger partial charge is 0.119 e. The molecule has 0 saturated carbocycles. The lowest BCUT2D eigenvalue weighted by Gasteiger charge is -2.10. The summed E-state index contributed by atoms with van der Waals surface area (Å²) in [6, 6.07) is 16.0. The van der Waals surface area contributed by atoms with Crippen LogP contribution in [0.15, 0.2) is 54.7 Å². The fourth-order valence-corrected chi connectivity index (χ4v) is 2.78. The van der Waals surface area contributed by atoms with Crippen LogP contribution in [0, 0.1) is 0 Å². The molecule has 0 N–H and O–H groups in total. The van der Waals surface area contributed by atoms with E-state index in [1.54, 1.807) is 20.4 Å². The maximum Gasteiger partial charge on any atom is 0.119 e. The van der Waals surface area contributed by atoms with Crippen molar-refractivity contribution in [3.63, 3.8) is 0 Å². The highest BCUT2D eigenvalue weighted by atomic mass is 16.5. The molecule has 2 aromatic carbocycles. The van der Waals surface area contributed by atoms with Crippen molar-refractivity contribution in [2.45, 2.75) is 0 Å². The number of aromatic nitrogens is 3. The summed E-state index contributed by atoms with van der Waals surface area (Å²) in [4.78, 5) is 0. The van der Waals surface area contributed by atoms with E-state index in [4.69, 9.17) is 9.47 Å². The summed E-state index contributed by atoms with van der Waals surface area (Å²) in [5.41, 5.74) is 2.99. The van der Waals surface area contributed by atoms with E-state index in [-0.39, 0.29) is 0 Å². The van der Waals surface area contributed by atoms with E-state index in [9.17, 15) is 0 Å². The van der Waals surface area contributed by atoms with Gasteiger partial charge in [0, 0.05) is 10.9 Å². The average molecular weight is 305 g/mol. The van der Waals surface area contributed by atoms with Gasteiger partial charge >= 0.3 is 0 Å². The molecule has 0 saturated heterocycles. The van der Waals surface area contributed by atoms with E-state index in [2.05, 4.69) is 16.4 Å². The summed E-state index contributed by atoms with van der Waals surface area (Å²) in [6.07, 6.45) is 1.77. The van der Waals surface area contributed by atoms with Crippen molar-refractivity contribution in [2.75, 3.05) is 14.2 Å². The molecular formula is C18H15N3O2. The molecule has 0 spiro atoms. The van der Waals surface area contributed by atoms with Gasteiger partial charge in [-0.3, -0.25) is 0 Å². The normalized spacial score (nSPS) is 11.0. The van der Waals surface area contributed by atoms with Gasteiger partial charge in [-0.25, -0.2) is 4.52 Å². The van der Waals surface area contributed by atoms with Gasteiger partial charge in [-0.2, -0.15) is 0 Å². The zero-order valence-corrected chi connectivity index (χ0v) is 12.9. The van der Waals surface area contributed by atoms with Gasteiger partial charge in [0.05, 0.1) is 31.6 Å².